The number of hydrogen-bond donors (Lipinski definition) is 2. The number of aromatic nitrogens is 2. The van der Waals surface area contributed by atoms with Gasteiger partial charge in [0, 0.05) is 24.7 Å². The lowest BCUT2D eigenvalue weighted by molar-refractivity contribution is -0.138. The van der Waals surface area contributed by atoms with Crippen molar-refractivity contribution in [1.29, 1.82) is 0 Å². The molecule has 0 aromatic carbocycles. The van der Waals surface area contributed by atoms with Gasteiger partial charge in [-0.1, -0.05) is 29.0 Å². The highest BCUT2D eigenvalue weighted by Gasteiger charge is 2.36. The van der Waals surface area contributed by atoms with E-state index in [-0.39, 0.29) is 11.8 Å². The summed E-state index contributed by atoms with van der Waals surface area (Å²) in [5, 5.41) is 6.57. The van der Waals surface area contributed by atoms with Gasteiger partial charge in [0.1, 0.15) is 21.3 Å². The van der Waals surface area contributed by atoms with Gasteiger partial charge in [0.15, 0.2) is 5.13 Å². The molecule has 2 aromatic rings. The van der Waals surface area contributed by atoms with Crippen molar-refractivity contribution in [2.45, 2.75) is 64.5 Å². The molecule has 1 aliphatic rings. The smallest absolute Gasteiger partial charge is 0.408 e. The Balaban J connectivity index is 1.57. The van der Waals surface area contributed by atoms with Gasteiger partial charge >= 0.3 is 6.09 Å². The number of thiazole rings is 1. The summed E-state index contributed by atoms with van der Waals surface area (Å²) in [6.45, 7) is 9.97. The second kappa shape index (κ2) is 9.62. The minimum absolute atomic E-state index is 0.120. The first-order valence-corrected chi connectivity index (χ1v) is 11.8. The van der Waals surface area contributed by atoms with Gasteiger partial charge in [0.2, 0.25) is 5.91 Å². The topological polar surface area (TPSA) is 96.5 Å². The summed E-state index contributed by atoms with van der Waals surface area (Å²) in [6, 6.07) is 5.86. The number of nitrogens with zero attached hydrogens (tertiary/aromatic N) is 3. The molecule has 0 saturated carbocycles. The van der Waals surface area contributed by atoms with E-state index >= 15 is 0 Å². The lowest BCUT2D eigenvalue weighted by Crippen LogP contribution is -2.57. The number of piperidine rings is 1. The Morgan fingerprint density at radius 3 is 2.47 bits per heavy atom. The first kappa shape index (κ1) is 24.3. The minimum atomic E-state index is -1.05. The highest BCUT2D eigenvalue weighted by Crippen LogP contribution is 2.30. The van der Waals surface area contributed by atoms with Gasteiger partial charge in [0.05, 0.1) is 6.20 Å². The number of ether oxygens (including phenoxy) is 1. The fourth-order valence-corrected chi connectivity index (χ4v) is 4.38. The molecule has 174 valence electrons. The van der Waals surface area contributed by atoms with E-state index in [2.05, 4.69) is 15.6 Å². The monoisotopic (exact) mass is 479 g/mol. The molecule has 3 rings (SSSR count). The van der Waals surface area contributed by atoms with Gasteiger partial charge in [-0.3, -0.25) is 4.79 Å². The summed E-state index contributed by atoms with van der Waals surface area (Å²) in [6.07, 6.45) is 2.60. The van der Waals surface area contributed by atoms with Gasteiger partial charge in [-0.2, -0.15) is 0 Å². The number of carbonyl (C=O) groups excluding carboxylic acids is 2. The van der Waals surface area contributed by atoms with E-state index in [1.807, 2.05) is 18.2 Å². The molecule has 0 unspecified atom stereocenters. The van der Waals surface area contributed by atoms with Gasteiger partial charge in [-0.25, -0.2) is 14.8 Å². The van der Waals surface area contributed by atoms with Crippen LogP contribution in [0.25, 0.3) is 0 Å². The second-order valence-electron chi connectivity index (χ2n) is 9.36. The van der Waals surface area contributed by atoms with Crippen molar-refractivity contribution < 1.29 is 14.3 Å². The zero-order valence-corrected chi connectivity index (χ0v) is 20.6. The number of alkyl carbamates (subject to hydrolysis) is 1. The number of halogens is 1. The Kier molecular flexibility index (Phi) is 7.29. The van der Waals surface area contributed by atoms with Crippen molar-refractivity contribution in [3.63, 3.8) is 0 Å². The molecular weight excluding hydrogens is 450 g/mol. The predicted molar refractivity (Wildman–Crippen MR) is 127 cm³/mol. The number of amides is 2. The van der Waals surface area contributed by atoms with Crippen LogP contribution in [-0.4, -0.2) is 51.1 Å². The van der Waals surface area contributed by atoms with Crippen LogP contribution in [0.2, 0.25) is 4.34 Å². The van der Waals surface area contributed by atoms with E-state index in [1.54, 1.807) is 45.7 Å². The molecule has 2 N–H and O–H groups in total. The number of likely N-dealkylation sites (tertiary alicyclic amines) is 1. The fraction of sp³-hybridized carbons (Fsp3) is 0.545. The Hall–Kier alpha value is -2.39. The summed E-state index contributed by atoms with van der Waals surface area (Å²) < 4.78 is 5.91. The van der Waals surface area contributed by atoms with Crippen molar-refractivity contribution in [2.24, 2.45) is 0 Å². The van der Waals surface area contributed by atoms with E-state index < -0.39 is 17.2 Å². The summed E-state index contributed by atoms with van der Waals surface area (Å²) in [7, 11) is 0. The summed E-state index contributed by atoms with van der Waals surface area (Å²) in [5.74, 6) is 0.850. The third kappa shape index (κ3) is 6.56. The minimum Gasteiger partial charge on any atom is -0.444 e. The fourth-order valence-electron chi connectivity index (χ4n) is 3.56. The molecule has 0 aliphatic carbocycles. The quantitative estimate of drug-likeness (QED) is 0.630. The highest BCUT2D eigenvalue weighted by molar-refractivity contribution is 7.19. The van der Waals surface area contributed by atoms with Crippen LogP contribution in [0.1, 0.15) is 59.1 Å². The molecule has 32 heavy (non-hydrogen) atoms. The molecule has 3 heterocycles. The lowest BCUT2D eigenvalue weighted by Gasteiger charge is -2.37. The van der Waals surface area contributed by atoms with Crippen molar-refractivity contribution in [3.8, 4) is 0 Å². The van der Waals surface area contributed by atoms with E-state index in [1.165, 1.54) is 11.3 Å². The highest BCUT2D eigenvalue weighted by atomic mass is 35.5. The molecule has 1 saturated heterocycles. The maximum absolute atomic E-state index is 13.0. The summed E-state index contributed by atoms with van der Waals surface area (Å²) in [4.78, 5) is 35.9. The van der Waals surface area contributed by atoms with E-state index in [0.29, 0.717) is 22.6 Å². The SMILES string of the molecule is CC(C)(C)OC(=O)NC(C)(C)C(=O)N1CCC(c2cccc(Nc3ncc(Cl)s3)n2)CC1. The number of hydrogen-bond acceptors (Lipinski definition) is 7. The molecule has 10 heteroatoms. The number of anilines is 2. The first-order chi connectivity index (χ1) is 14.9. The molecule has 1 fully saturated rings. The van der Waals surface area contributed by atoms with Gasteiger partial charge < -0.3 is 20.3 Å². The molecule has 1 aliphatic heterocycles. The van der Waals surface area contributed by atoms with Crippen LogP contribution in [-0.2, 0) is 9.53 Å². The zero-order chi connectivity index (χ0) is 23.5. The maximum Gasteiger partial charge on any atom is 0.408 e. The molecular formula is C22H30ClN5O3S. The van der Waals surface area contributed by atoms with E-state index in [0.717, 1.165) is 24.4 Å². The average Bonchev–Trinajstić information content (AvgIpc) is 3.10. The number of rotatable bonds is 5. The molecule has 2 amide bonds. The van der Waals surface area contributed by atoms with Crippen LogP contribution in [0.5, 0.6) is 0 Å². The Morgan fingerprint density at radius 2 is 1.88 bits per heavy atom. The van der Waals surface area contributed by atoms with Crippen LogP contribution in [0, 0.1) is 0 Å². The van der Waals surface area contributed by atoms with Crippen LogP contribution in [0.3, 0.4) is 0 Å². The van der Waals surface area contributed by atoms with Gasteiger partial charge in [-0.15, -0.1) is 0 Å². The molecule has 0 bridgehead atoms. The Bertz CT molecular complexity index is 964. The summed E-state index contributed by atoms with van der Waals surface area (Å²) >= 11 is 7.30. The van der Waals surface area contributed by atoms with Crippen molar-refractivity contribution in [1.82, 2.24) is 20.2 Å². The second-order valence-corrected chi connectivity index (χ2v) is 11.0. The molecule has 0 spiro atoms. The number of nitrogens with one attached hydrogen (secondary N) is 2. The first-order valence-electron chi connectivity index (χ1n) is 10.6. The van der Waals surface area contributed by atoms with Crippen LogP contribution >= 0.6 is 22.9 Å². The zero-order valence-electron chi connectivity index (χ0n) is 19.1. The number of carbonyl (C=O) groups is 2. The molecule has 2 aromatic heterocycles. The van der Waals surface area contributed by atoms with Crippen LogP contribution in [0.4, 0.5) is 15.7 Å². The molecule has 8 nitrogen and oxygen atoms in total. The predicted octanol–water partition coefficient (Wildman–Crippen LogP) is 4.94. The van der Waals surface area contributed by atoms with E-state index in [4.69, 9.17) is 21.3 Å². The maximum atomic E-state index is 13.0. The number of pyridine rings is 1. The Labute approximate surface area is 197 Å². The third-order valence-electron chi connectivity index (χ3n) is 5.03. The van der Waals surface area contributed by atoms with Crippen molar-refractivity contribution >= 4 is 45.9 Å². The van der Waals surface area contributed by atoms with Crippen molar-refractivity contribution in [2.75, 3.05) is 18.4 Å². The molecule has 0 atom stereocenters. The average molecular weight is 480 g/mol. The van der Waals surface area contributed by atoms with E-state index in [9.17, 15) is 9.59 Å². The lowest BCUT2D eigenvalue weighted by atomic mass is 9.91. The normalized spacial score (nSPS) is 15.4. The standard InChI is InChI=1S/C22H30ClN5O3S/c1-21(2,3)31-20(30)27-22(4,5)18(29)28-11-9-14(10-12-28)15-7-6-8-17(25-15)26-19-24-13-16(23)32-19/h6-8,13-14H,9-12H2,1-5H3,(H,27,30)(H,24,25,26). The van der Waals surface area contributed by atoms with Gasteiger partial charge in [-0.05, 0) is 59.6 Å². The third-order valence-corrected chi connectivity index (χ3v) is 6.06. The van der Waals surface area contributed by atoms with Crippen LogP contribution in [0.15, 0.2) is 24.4 Å². The van der Waals surface area contributed by atoms with Gasteiger partial charge in [0.25, 0.3) is 0 Å². The Morgan fingerprint density at radius 1 is 1.19 bits per heavy atom. The molecule has 0 radical (unpaired) electrons. The van der Waals surface area contributed by atoms with Crippen LogP contribution < -0.4 is 10.6 Å². The summed E-state index contributed by atoms with van der Waals surface area (Å²) in [5.41, 5.74) is -0.688. The van der Waals surface area contributed by atoms with Crippen molar-refractivity contribution in [3.05, 3.63) is 34.4 Å². The largest absolute Gasteiger partial charge is 0.444 e.